The molecule has 0 aliphatic carbocycles. The van der Waals surface area contributed by atoms with E-state index in [-0.39, 0.29) is 17.3 Å². The van der Waals surface area contributed by atoms with E-state index in [1.807, 2.05) is 42.5 Å². The average molecular weight is 465 g/mol. The van der Waals surface area contributed by atoms with E-state index in [1.165, 1.54) is 0 Å². The summed E-state index contributed by atoms with van der Waals surface area (Å²) in [5.41, 5.74) is 5.33. The Hall–Kier alpha value is -3.20. The quantitative estimate of drug-likeness (QED) is 0.561. The van der Waals surface area contributed by atoms with E-state index in [0.717, 1.165) is 40.0 Å². The lowest BCUT2D eigenvalue weighted by Gasteiger charge is -2.10. The number of carbonyl (C=O) groups is 1. The number of hydrogen-bond donors (Lipinski definition) is 2. The van der Waals surface area contributed by atoms with Crippen LogP contribution in [0.2, 0.25) is 0 Å². The third-order valence-electron chi connectivity index (χ3n) is 5.94. The summed E-state index contributed by atoms with van der Waals surface area (Å²) in [5.74, 6) is 0.621. The van der Waals surface area contributed by atoms with Gasteiger partial charge in [-0.15, -0.1) is 0 Å². The predicted octanol–water partition coefficient (Wildman–Crippen LogP) is 3.06. The number of ether oxygens (including phenoxy) is 2. The molecule has 0 atom stereocenters. The predicted molar refractivity (Wildman–Crippen MR) is 122 cm³/mol. The minimum atomic E-state index is -3.62. The normalized spacial score (nSPS) is 14.4. The molecule has 33 heavy (non-hydrogen) atoms. The molecule has 2 aliphatic rings. The van der Waals surface area contributed by atoms with Crippen LogP contribution in [0.3, 0.4) is 0 Å². The van der Waals surface area contributed by atoms with Gasteiger partial charge in [0, 0.05) is 25.1 Å². The molecule has 3 aromatic rings. The van der Waals surface area contributed by atoms with E-state index < -0.39 is 10.0 Å². The molecule has 2 aliphatic heterocycles. The van der Waals surface area contributed by atoms with Crippen LogP contribution in [0.4, 0.5) is 0 Å². The number of nitrogens with one attached hydrogen (secondary N) is 2. The van der Waals surface area contributed by atoms with Crippen molar-refractivity contribution in [1.29, 1.82) is 0 Å². The van der Waals surface area contributed by atoms with Gasteiger partial charge in [0.05, 0.1) is 24.7 Å². The Kier molecular flexibility index (Phi) is 5.88. The van der Waals surface area contributed by atoms with Gasteiger partial charge in [0.2, 0.25) is 10.0 Å². The number of rotatable bonds is 7. The molecular formula is C25H24N2O5S. The Balaban J connectivity index is 1.17. The van der Waals surface area contributed by atoms with E-state index in [0.29, 0.717) is 31.9 Å². The van der Waals surface area contributed by atoms with Crippen LogP contribution < -0.4 is 14.8 Å². The molecule has 0 saturated heterocycles. The van der Waals surface area contributed by atoms with Gasteiger partial charge in [-0.3, -0.25) is 4.79 Å². The van der Waals surface area contributed by atoms with Gasteiger partial charge in [0.25, 0.3) is 5.91 Å². The fraction of sp³-hybridized carbons (Fsp3) is 0.240. The van der Waals surface area contributed by atoms with Gasteiger partial charge < -0.3 is 14.8 Å². The first kappa shape index (κ1) is 21.6. The van der Waals surface area contributed by atoms with E-state index >= 15 is 0 Å². The number of carbonyl (C=O) groups excluding carboxylic acids is 1. The molecule has 0 radical (unpaired) electrons. The van der Waals surface area contributed by atoms with E-state index in [4.69, 9.17) is 9.47 Å². The number of sulfonamides is 1. The van der Waals surface area contributed by atoms with Crippen molar-refractivity contribution in [3.05, 3.63) is 94.0 Å². The summed E-state index contributed by atoms with van der Waals surface area (Å²) in [5, 5.41) is 2.95. The van der Waals surface area contributed by atoms with Crippen LogP contribution in [0.5, 0.6) is 5.75 Å². The average Bonchev–Trinajstić information content (AvgIpc) is 3.50. The highest BCUT2D eigenvalue weighted by atomic mass is 32.2. The van der Waals surface area contributed by atoms with Crippen LogP contribution in [0, 0.1) is 0 Å². The van der Waals surface area contributed by atoms with Crippen molar-refractivity contribution >= 4 is 15.9 Å². The minimum Gasteiger partial charge on any atom is -0.493 e. The number of amides is 1. The van der Waals surface area contributed by atoms with Gasteiger partial charge in [0.15, 0.2) is 0 Å². The highest BCUT2D eigenvalue weighted by Gasteiger charge is 2.20. The summed E-state index contributed by atoms with van der Waals surface area (Å²) in [4.78, 5) is 12.9. The first-order valence-corrected chi connectivity index (χ1v) is 12.3. The molecule has 1 amide bonds. The molecule has 2 N–H and O–H groups in total. The lowest BCUT2D eigenvalue weighted by molar-refractivity contribution is 0.0945. The highest BCUT2D eigenvalue weighted by molar-refractivity contribution is 7.89. The molecule has 3 aromatic carbocycles. The van der Waals surface area contributed by atoms with E-state index in [1.54, 1.807) is 18.2 Å². The third kappa shape index (κ3) is 4.64. The first-order chi connectivity index (χ1) is 16.0. The van der Waals surface area contributed by atoms with Gasteiger partial charge in [-0.2, -0.15) is 0 Å². The molecule has 5 rings (SSSR count). The van der Waals surface area contributed by atoms with Crippen molar-refractivity contribution in [2.45, 2.75) is 37.6 Å². The number of hydrogen-bond acceptors (Lipinski definition) is 5. The zero-order valence-corrected chi connectivity index (χ0v) is 18.8. The van der Waals surface area contributed by atoms with Crippen molar-refractivity contribution in [2.24, 2.45) is 0 Å². The molecular weight excluding hydrogens is 440 g/mol. The van der Waals surface area contributed by atoms with Crippen LogP contribution in [0.1, 0.15) is 38.2 Å². The summed E-state index contributed by atoms with van der Waals surface area (Å²) >= 11 is 0. The zero-order chi connectivity index (χ0) is 22.8. The maximum absolute atomic E-state index is 12.7. The van der Waals surface area contributed by atoms with E-state index in [2.05, 4.69) is 10.0 Å². The van der Waals surface area contributed by atoms with Crippen LogP contribution in [0.15, 0.2) is 65.6 Å². The Morgan fingerprint density at radius 3 is 2.52 bits per heavy atom. The fourth-order valence-electron chi connectivity index (χ4n) is 4.06. The van der Waals surface area contributed by atoms with Gasteiger partial charge in [-0.25, -0.2) is 13.1 Å². The lowest BCUT2D eigenvalue weighted by Crippen LogP contribution is -2.24. The molecule has 0 unspecified atom stereocenters. The summed E-state index contributed by atoms with van der Waals surface area (Å²) in [6, 6.07) is 18.1. The highest BCUT2D eigenvalue weighted by Crippen LogP contribution is 2.27. The van der Waals surface area contributed by atoms with Gasteiger partial charge in [-0.1, -0.05) is 36.4 Å². The SMILES string of the molecule is O=C(NCc1ccc(CNS(=O)(=O)c2ccc3c(c2)CCO3)cc1)c1cccc2c1COC2. The minimum absolute atomic E-state index is 0.131. The second kappa shape index (κ2) is 8.97. The molecule has 170 valence electrons. The van der Waals surface area contributed by atoms with Gasteiger partial charge in [0.1, 0.15) is 5.75 Å². The van der Waals surface area contributed by atoms with Crippen LogP contribution in [0.25, 0.3) is 0 Å². The Morgan fingerprint density at radius 2 is 1.70 bits per heavy atom. The van der Waals surface area contributed by atoms with Crippen LogP contribution in [-0.4, -0.2) is 20.9 Å². The van der Waals surface area contributed by atoms with Crippen molar-refractivity contribution in [2.75, 3.05) is 6.61 Å². The molecule has 0 saturated carbocycles. The second-order valence-corrected chi connectivity index (χ2v) is 9.89. The van der Waals surface area contributed by atoms with Crippen LogP contribution in [-0.2, 0) is 47.5 Å². The Bertz CT molecular complexity index is 1300. The van der Waals surface area contributed by atoms with E-state index in [9.17, 15) is 13.2 Å². The van der Waals surface area contributed by atoms with Crippen molar-refractivity contribution in [1.82, 2.24) is 10.0 Å². The number of fused-ring (bicyclic) bond motifs is 2. The molecule has 0 bridgehead atoms. The largest absolute Gasteiger partial charge is 0.493 e. The molecule has 8 heteroatoms. The summed E-state index contributed by atoms with van der Waals surface area (Å²) < 4.78 is 38.8. The second-order valence-electron chi connectivity index (χ2n) is 8.13. The summed E-state index contributed by atoms with van der Waals surface area (Å²) in [6.45, 7) is 2.15. The molecule has 2 heterocycles. The molecule has 0 aromatic heterocycles. The number of benzene rings is 3. The van der Waals surface area contributed by atoms with Gasteiger partial charge in [-0.05, 0) is 52.1 Å². The molecule has 0 spiro atoms. The third-order valence-corrected chi connectivity index (χ3v) is 7.33. The Morgan fingerprint density at radius 1 is 0.909 bits per heavy atom. The standard InChI is InChI=1S/C25H24N2O5S/c28-25(22-3-1-2-20-15-31-16-23(20)22)26-13-17-4-6-18(7-5-17)14-27-33(29,30)21-8-9-24-19(12-21)10-11-32-24/h1-9,12,27H,10-11,13-16H2,(H,26,28). The molecule has 7 nitrogen and oxygen atoms in total. The van der Waals surface area contributed by atoms with Crippen molar-refractivity contribution in [3.8, 4) is 5.75 Å². The summed E-state index contributed by atoms with van der Waals surface area (Å²) in [6.07, 6.45) is 0.719. The first-order valence-electron chi connectivity index (χ1n) is 10.8. The maximum atomic E-state index is 12.7. The zero-order valence-electron chi connectivity index (χ0n) is 18.0. The molecule has 0 fully saturated rings. The van der Waals surface area contributed by atoms with Crippen molar-refractivity contribution in [3.63, 3.8) is 0 Å². The Labute approximate surface area is 192 Å². The lowest BCUT2D eigenvalue weighted by atomic mass is 10.0. The van der Waals surface area contributed by atoms with Gasteiger partial charge >= 0.3 is 0 Å². The topological polar surface area (TPSA) is 93.7 Å². The fourth-order valence-corrected chi connectivity index (χ4v) is 5.13. The van der Waals surface area contributed by atoms with Crippen LogP contribution >= 0.6 is 0 Å². The maximum Gasteiger partial charge on any atom is 0.251 e. The van der Waals surface area contributed by atoms with Crippen molar-refractivity contribution < 1.29 is 22.7 Å². The summed E-state index contributed by atoms with van der Waals surface area (Å²) in [7, 11) is -3.62. The monoisotopic (exact) mass is 464 g/mol. The smallest absolute Gasteiger partial charge is 0.251 e.